The van der Waals surface area contributed by atoms with Crippen molar-refractivity contribution in [1.29, 1.82) is 0 Å². The van der Waals surface area contributed by atoms with Crippen molar-refractivity contribution in [3.63, 3.8) is 0 Å². The minimum atomic E-state index is -0.690. The third-order valence-electron chi connectivity index (χ3n) is 5.76. The standard InChI is InChI=1S/2C16H21O2.2ClH.2Ti/c2*1-13-9-7-8-12-16(13,18-15(2,3)4)17-14-10-5-6-11-14;;;;/h2*5,7-10H,6,12H2,1-4H3;2*1H;;/q2*-1;;;2*+2/p-2. The van der Waals surface area contributed by atoms with Gasteiger partial charge in [-0.05, 0) is 78.1 Å². The Kier molecular flexibility index (Phi) is 18.2. The molecule has 2 atom stereocenters. The molecular weight excluding hydrogens is 615 g/mol. The van der Waals surface area contributed by atoms with Crippen LogP contribution in [0.2, 0.25) is 0 Å². The van der Waals surface area contributed by atoms with E-state index in [1.54, 1.807) is 0 Å². The molecule has 0 amide bonds. The van der Waals surface area contributed by atoms with Crippen LogP contribution in [0.25, 0.3) is 0 Å². The fraction of sp³-hybridized carbons (Fsp3) is 0.500. The molecule has 4 aliphatic carbocycles. The summed E-state index contributed by atoms with van der Waals surface area (Å²) in [4.78, 5) is 0. The molecule has 0 aliphatic heterocycles. The van der Waals surface area contributed by atoms with Crippen molar-refractivity contribution in [1.82, 2.24) is 0 Å². The van der Waals surface area contributed by atoms with Crippen LogP contribution in [-0.2, 0) is 62.4 Å². The average Bonchev–Trinajstić information content (AvgIpc) is 3.45. The SMILES string of the molecule is CC1=CC=CCC1(OC1=[C-]CC=C1)OC(C)(C)C.CC1=CC=CCC1(OC1=[C-]CC=C1)OC(C)(C)C.[Cl-].[Cl-].[Ti+2].[Ti+2]. The third-order valence-corrected chi connectivity index (χ3v) is 5.76. The molecule has 40 heavy (non-hydrogen) atoms. The van der Waals surface area contributed by atoms with Crippen molar-refractivity contribution in [3.8, 4) is 0 Å². The van der Waals surface area contributed by atoms with E-state index in [1.165, 1.54) is 0 Å². The first-order valence-corrected chi connectivity index (χ1v) is 12.8. The van der Waals surface area contributed by atoms with Gasteiger partial charge in [-0.15, -0.1) is 12.8 Å². The van der Waals surface area contributed by atoms with Gasteiger partial charge in [0.05, 0.1) is 11.2 Å². The summed E-state index contributed by atoms with van der Waals surface area (Å²) < 4.78 is 24.6. The van der Waals surface area contributed by atoms with Crippen LogP contribution in [0.3, 0.4) is 0 Å². The van der Waals surface area contributed by atoms with Crippen molar-refractivity contribution in [2.24, 2.45) is 0 Å². The zero-order chi connectivity index (χ0) is 26.5. The van der Waals surface area contributed by atoms with Crippen molar-refractivity contribution in [2.45, 2.75) is 104 Å². The van der Waals surface area contributed by atoms with Crippen LogP contribution in [-0.4, -0.2) is 22.8 Å². The molecule has 2 unspecified atom stereocenters. The summed E-state index contributed by atoms with van der Waals surface area (Å²) in [7, 11) is 0. The van der Waals surface area contributed by atoms with E-state index >= 15 is 0 Å². The van der Waals surface area contributed by atoms with Crippen LogP contribution in [0.4, 0.5) is 0 Å². The number of halogens is 2. The van der Waals surface area contributed by atoms with Gasteiger partial charge in [-0.2, -0.15) is 24.3 Å². The fourth-order valence-corrected chi connectivity index (χ4v) is 4.23. The Labute approximate surface area is 284 Å². The molecule has 0 saturated heterocycles. The Bertz CT molecular complexity index is 972. The van der Waals surface area contributed by atoms with Crippen molar-refractivity contribution in [2.75, 3.05) is 0 Å². The van der Waals surface area contributed by atoms with Gasteiger partial charge >= 0.3 is 43.4 Å². The summed E-state index contributed by atoms with van der Waals surface area (Å²) in [5.41, 5.74) is 1.66. The monoisotopic (exact) mass is 656 g/mol. The molecule has 4 aliphatic rings. The second-order valence-corrected chi connectivity index (χ2v) is 11.4. The predicted octanol–water partition coefficient (Wildman–Crippen LogP) is 2.14. The Morgan fingerprint density at radius 1 is 0.625 bits per heavy atom. The first kappa shape index (κ1) is 41.6. The molecule has 0 aromatic carbocycles. The second-order valence-electron chi connectivity index (χ2n) is 11.4. The van der Waals surface area contributed by atoms with Gasteiger partial charge in [0.25, 0.3) is 0 Å². The summed E-state index contributed by atoms with van der Waals surface area (Å²) in [6.45, 7) is 16.4. The maximum atomic E-state index is 6.20. The number of ether oxygens (including phenoxy) is 4. The Hall–Kier alpha value is -0.551. The average molecular weight is 657 g/mol. The van der Waals surface area contributed by atoms with E-state index in [0.29, 0.717) is 0 Å². The minimum absolute atomic E-state index is 0. The largest absolute Gasteiger partial charge is 2.00 e. The maximum absolute atomic E-state index is 6.20. The second kappa shape index (κ2) is 17.5. The van der Waals surface area contributed by atoms with Crippen LogP contribution in [0.5, 0.6) is 0 Å². The molecule has 0 aromatic heterocycles. The molecule has 0 spiro atoms. The molecule has 0 heterocycles. The molecule has 4 rings (SSSR count). The molecule has 0 bridgehead atoms. The minimum Gasteiger partial charge on any atom is -1.00 e. The normalized spacial score (nSPS) is 24.4. The van der Waals surface area contributed by atoms with Gasteiger partial charge in [0.2, 0.25) is 11.6 Å². The summed E-state index contributed by atoms with van der Waals surface area (Å²) in [6.07, 6.45) is 29.8. The van der Waals surface area contributed by atoms with Gasteiger partial charge in [-0.3, -0.25) is 0 Å². The van der Waals surface area contributed by atoms with Gasteiger partial charge in [-0.1, -0.05) is 36.5 Å². The van der Waals surface area contributed by atoms with Gasteiger partial charge in [-0.25, -0.2) is 12.2 Å². The molecule has 4 nitrogen and oxygen atoms in total. The topological polar surface area (TPSA) is 36.9 Å². The van der Waals surface area contributed by atoms with E-state index in [0.717, 1.165) is 48.3 Å². The fourth-order valence-electron chi connectivity index (χ4n) is 4.23. The Balaban J connectivity index is 0. The van der Waals surface area contributed by atoms with Gasteiger partial charge in [0.1, 0.15) is 0 Å². The molecule has 0 fully saturated rings. The molecule has 8 heteroatoms. The van der Waals surface area contributed by atoms with Crippen LogP contribution in [0, 0.1) is 12.2 Å². The summed E-state index contributed by atoms with van der Waals surface area (Å²) in [5.74, 6) is 0.179. The summed E-state index contributed by atoms with van der Waals surface area (Å²) in [6, 6.07) is 0. The molecule has 0 N–H and O–H groups in total. The predicted molar refractivity (Wildman–Crippen MR) is 145 cm³/mol. The molecule has 0 radical (unpaired) electrons. The van der Waals surface area contributed by atoms with Gasteiger partial charge in [0, 0.05) is 12.8 Å². The molecule has 0 saturated carbocycles. The van der Waals surface area contributed by atoms with E-state index < -0.39 is 11.6 Å². The summed E-state index contributed by atoms with van der Waals surface area (Å²) in [5, 5.41) is 0. The van der Waals surface area contributed by atoms with Crippen LogP contribution in [0.15, 0.2) is 83.4 Å². The quantitative estimate of drug-likeness (QED) is 0.250. The molecular formula is C32H42Cl2O4Ti2. The van der Waals surface area contributed by atoms with E-state index in [4.69, 9.17) is 18.9 Å². The number of hydrogen-bond donors (Lipinski definition) is 0. The molecule has 0 aromatic rings. The van der Waals surface area contributed by atoms with E-state index in [-0.39, 0.29) is 79.5 Å². The number of rotatable bonds is 6. The van der Waals surface area contributed by atoms with E-state index in [2.05, 4.69) is 50.3 Å². The zero-order valence-corrected chi connectivity index (χ0v) is 29.6. The van der Waals surface area contributed by atoms with Crippen molar-refractivity contribution < 1.29 is 87.2 Å². The number of allylic oxidation sites excluding steroid dienone is 10. The van der Waals surface area contributed by atoms with Gasteiger partial charge < -0.3 is 43.8 Å². The Morgan fingerprint density at radius 2 is 0.975 bits per heavy atom. The summed E-state index contributed by atoms with van der Waals surface area (Å²) >= 11 is 0. The van der Waals surface area contributed by atoms with Crippen molar-refractivity contribution in [3.05, 3.63) is 95.6 Å². The Morgan fingerprint density at radius 3 is 1.23 bits per heavy atom. The van der Waals surface area contributed by atoms with Gasteiger partial charge in [0.15, 0.2) is 0 Å². The van der Waals surface area contributed by atoms with E-state index in [1.807, 2.05) is 78.0 Å². The van der Waals surface area contributed by atoms with Crippen LogP contribution < -0.4 is 24.8 Å². The molecule has 216 valence electrons. The third kappa shape index (κ3) is 12.4. The van der Waals surface area contributed by atoms with Crippen LogP contribution in [0.1, 0.15) is 81.1 Å². The van der Waals surface area contributed by atoms with Crippen molar-refractivity contribution >= 4 is 0 Å². The smallest absolute Gasteiger partial charge is 1.00 e. The van der Waals surface area contributed by atoms with E-state index in [9.17, 15) is 0 Å². The first-order valence-electron chi connectivity index (χ1n) is 12.8. The number of hydrogen-bond acceptors (Lipinski definition) is 4. The maximum Gasteiger partial charge on any atom is 2.00 e. The first-order chi connectivity index (χ1) is 16.8. The zero-order valence-electron chi connectivity index (χ0n) is 25.0. The van der Waals surface area contributed by atoms with Crippen LogP contribution >= 0.6 is 0 Å².